The van der Waals surface area contributed by atoms with Crippen molar-refractivity contribution in [2.45, 2.75) is 13.8 Å². The maximum absolute atomic E-state index is 9.00. The molecule has 10 heteroatoms. The van der Waals surface area contributed by atoms with E-state index >= 15 is 0 Å². The van der Waals surface area contributed by atoms with E-state index < -0.39 is 13.9 Å². The molecular formula is C6H15N4O5P. The van der Waals surface area contributed by atoms with Gasteiger partial charge in [0.2, 0.25) is 0 Å². The Labute approximate surface area is 91.7 Å². The van der Waals surface area contributed by atoms with E-state index in [9.17, 15) is 0 Å². The number of carbonyl (C=O) groups is 1. The van der Waals surface area contributed by atoms with Gasteiger partial charge in [0.05, 0.1) is 6.20 Å². The van der Waals surface area contributed by atoms with Gasteiger partial charge >= 0.3 is 13.9 Å². The summed E-state index contributed by atoms with van der Waals surface area (Å²) in [6.07, 6.45) is 1.81. The third kappa shape index (κ3) is 22.9. The number of carbonyl (C=O) groups excluding carboxylic acids is 1. The number of phosphoric acid groups is 1. The largest absolute Gasteiger partial charge is 0.466 e. The van der Waals surface area contributed by atoms with Crippen molar-refractivity contribution in [1.82, 2.24) is 10.2 Å². The first-order valence-corrected chi connectivity index (χ1v) is 5.40. The normalized spacial score (nSPS) is 9.31. The highest BCUT2D eigenvalue weighted by molar-refractivity contribution is 7.45. The van der Waals surface area contributed by atoms with E-state index in [1.165, 1.54) is 5.56 Å². The smallest absolute Gasteiger partial charge is 0.352 e. The SMILES string of the molecule is Cc1cn[nH]c1C.NC(N)=O.O=P(O)(O)O. The lowest BCUT2D eigenvalue weighted by molar-refractivity contribution is 0.256. The summed E-state index contributed by atoms with van der Waals surface area (Å²) in [6, 6.07) is -0.833. The minimum Gasteiger partial charge on any atom is -0.352 e. The number of nitrogens with two attached hydrogens (primary N) is 2. The summed E-state index contributed by atoms with van der Waals surface area (Å²) < 4.78 is 8.88. The predicted molar refractivity (Wildman–Crippen MR) is 56.1 cm³/mol. The monoisotopic (exact) mass is 254 g/mol. The van der Waals surface area contributed by atoms with E-state index in [-0.39, 0.29) is 0 Å². The van der Waals surface area contributed by atoms with Crippen LogP contribution in [0.1, 0.15) is 11.3 Å². The highest BCUT2D eigenvalue weighted by Crippen LogP contribution is 2.25. The number of urea groups is 1. The summed E-state index contributed by atoms with van der Waals surface area (Å²) in [6.45, 7) is 4.03. The van der Waals surface area contributed by atoms with Crippen LogP contribution in [0.5, 0.6) is 0 Å². The number of hydrogen-bond donors (Lipinski definition) is 6. The molecule has 0 aliphatic heterocycles. The zero-order valence-electron chi connectivity index (χ0n) is 8.78. The van der Waals surface area contributed by atoms with Gasteiger partial charge in [0.1, 0.15) is 0 Å². The van der Waals surface area contributed by atoms with Crippen molar-refractivity contribution < 1.29 is 24.0 Å². The Kier molecular flexibility index (Phi) is 8.32. The molecule has 1 rings (SSSR count). The molecule has 0 bridgehead atoms. The first-order valence-electron chi connectivity index (χ1n) is 3.83. The van der Waals surface area contributed by atoms with Crippen LogP contribution >= 0.6 is 7.82 Å². The van der Waals surface area contributed by atoms with Crippen LogP contribution in [0.15, 0.2) is 6.20 Å². The first-order chi connectivity index (χ1) is 7.04. The molecule has 0 saturated carbocycles. The minimum absolute atomic E-state index is 0.833. The molecule has 1 heterocycles. The molecule has 0 aliphatic rings. The fraction of sp³-hybridized carbons (Fsp3) is 0.333. The second-order valence-electron chi connectivity index (χ2n) is 2.59. The molecule has 2 amide bonds. The van der Waals surface area contributed by atoms with Crippen molar-refractivity contribution in [2.24, 2.45) is 11.5 Å². The van der Waals surface area contributed by atoms with Gasteiger partial charge in [0, 0.05) is 5.69 Å². The fourth-order valence-corrected chi connectivity index (χ4v) is 0.411. The van der Waals surface area contributed by atoms with Crippen molar-refractivity contribution >= 4 is 13.9 Å². The molecule has 16 heavy (non-hydrogen) atoms. The molecule has 0 fully saturated rings. The predicted octanol–water partition coefficient (Wildman–Crippen LogP) is -0.878. The summed E-state index contributed by atoms with van der Waals surface area (Å²) in [5.41, 5.74) is 10.9. The highest BCUT2D eigenvalue weighted by Gasteiger charge is 2.00. The number of amides is 2. The Balaban J connectivity index is 0. The van der Waals surface area contributed by atoms with Crippen molar-refractivity contribution in [3.8, 4) is 0 Å². The van der Waals surface area contributed by atoms with Gasteiger partial charge in [-0.05, 0) is 19.4 Å². The van der Waals surface area contributed by atoms with Crippen molar-refractivity contribution in [1.29, 1.82) is 0 Å². The van der Waals surface area contributed by atoms with E-state index in [4.69, 9.17) is 24.0 Å². The van der Waals surface area contributed by atoms with Gasteiger partial charge in [0.15, 0.2) is 0 Å². The van der Waals surface area contributed by atoms with E-state index in [0.29, 0.717) is 0 Å². The van der Waals surface area contributed by atoms with Gasteiger partial charge < -0.3 is 26.1 Å². The van der Waals surface area contributed by atoms with Crippen LogP contribution in [0.2, 0.25) is 0 Å². The number of aryl methyl sites for hydroxylation is 2. The molecule has 8 N–H and O–H groups in total. The summed E-state index contributed by atoms with van der Waals surface area (Å²) in [5, 5.41) is 6.61. The van der Waals surface area contributed by atoms with Crippen LogP contribution in [0, 0.1) is 13.8 Å². The minimum atomic E-state index is -4.64. The topological polar surface area (TPSA) is 176 Å². The zero-order valence-corrected chi connectivity index (χ0v) is 9.68. The average Bonchev–Trinajstić information content (AvgIpc) is 2.30. The van der Waals surface area contributed by atoms with Crippen molar-refractivity contribution in [2.75, 3.05) is 0 Å². The van der Waals surface area contributed by atoms with Gasteiger partial charge in [-0.2, -0.15) is 5.10 Å². The molecule has 0 unspecified atom stereocenters. The molecule has 0 atom stereocenters. The number of rotatable bonds is 0. The standard InChI is InChI=1S/C5H8N2.CH4N2O.H3O4P/c1-4-3-6-7-5(4)2;2-1(3)4;1-5(2,3)4/h3H,1-2H3,(H,6,7);(H4,2,3,4);(H3,1,2,3,4). The van der Waals surface area contributed by atoms with Gasteiger partial charge in [-0.1, -0.05) is 0 Å². The summed E-state index contributed by atoms with van der Waals surface area (Å²) >= 11 is 0. The van der Waals surface area contributed by atoms with Gasteiger partial charge in [-0.3, -0.25) is 5.10 Å². The average molecular weight is 254 g/mol. The Hall–Kier alpha value is -1.41. The Bertz CT molecular complexity index is 331. The van der Waals surface area contributed by atoms with Crippen LogP contribution in [0.4, 0.5) is 4.79 Å². The number of H-pyrrole nitrogens is 1. The lowest BCUT2D eigenvalue weighted by atomic mass is 10.3. The fourth-order valence-electron chi connectivity index (χ4n) is 0.411. The summed E-state index contributed by atoms with van der Waals surface area (Å²) in [4.78, 5) is 30.6. The number of nitrogens with one attached hydrogen (secondary N) is 1. The van der Waals surface area contributed by atoms with E-state index in [2.05, 4.69) is 21.7 Å². The number of hydrogen-bond acceptors (Lipinski definition) is 3. The molecule has 1 aromatic rings. The third-order valence-corrected chi connectivity index (χ3v) is 1.08. The number of primary amides is 2. The lowest BCUT2D eigenvalue weighted by Crippen LogP contribution is -2.18. The maximum Gasteiger partial charge on any atom is 0.466 e. The highest BCUT2D eigenvalue weighted by atomic mass is 31.2. The quantitative estimate of drug-likeness (QED) is 0.327. The van der Waals surface area contributed by atoms with E-state index in [1.807, 2.05) is 20.0 Å². The van der Waals surface area contributed by atoms with E-state index in [0.717, 1.165) is 5.69 Å². The molecule has 1 aromatic heterocycles. The van der Waals surface area contributed by atoms with Crippen LogP contribution in [-0.2, 0) is 4.57 Å². The van der Waals surface area contributed by atoms with Gasteiger partial charge in [-0.15, -0.1) is 0 Å². The zero-order chi connectivity index (χ0) is 13.4. The maximum atomic E-state index is 9.00. The van der Waals surface area contributed by atoms with Crippen LogP contribution < -0.4 is 11.5 Å². The summed E-state index contributed by atoms with van der Waals surface area (Å²) in [7, 11) is -4.64. The molecule has 94 valence electrons. The van der Waals surface area contributed by atoms with Crippen molar-refractivity contribution in [3.63, 3.8) is 0 Å². The molecular weight excluding hydrogens is 239 g/mol. The Morgan fingerprint density at radius 3 is 1.75 bits per heavy atom. The molecule has 0 aliphatic carbocycles. The van der Waals surface area contributed by atoms with Gasteiger partial charge in [-0.25, -0.2) is 9.36 Å². The second kappa shape index (κ2) is 7.83. The second-order valence-corrected chi connectivity index (χ2v) is 3.62. The van der Waals surface area contributed by atoms with Crippen LogP contribution in [0.3, 0.4) is 0 Å². The molecule has 0 radical (unpaired) electrons. The number of aromatic nitrogens is 2. The van der Waals surface area contributed by atoms with Crippen LogP contribution in [-0.4, -0.2) is 30.9 Å². The molecule has 9 nitrogen and oxygen atoms in total. The first kappa shape index (κ1) is 17.0. The Morgan fingerprint density at radius 2 is 1.69 bits per heavy atom. The molecule has 0 saturated heterocycles. The third-order valence-electron chi connectivity index (χ3n) is 1.08. The Morgan fingerprint density at radius 1 is 1.38 bits per heavy atom. The molecule has 0 aromatic carbocycles. The summed E-state index contributed by atoms with van der Waals surface area (Å²) in [5.74, 6) is 0. The molecule has 0 spiro atoms. The van der Waals surface area contributed by atoms with Gasteiger partial charge in [0.25, 0.3) is 0 Å². The van der Waals surface area contributed by atoms with Crippen molar-refractivity contribution in [3.05, 3.63) is 17.5 Å². The van der Waals surface area contributed by atoms with E-state index in [1.54, 1.807) is 0 Å². The lowest BCUT2D eigenvalue weighted by Gasteiger charge is -1.82. The van der Waals surface area contributed by atoms with Crippen LogP contribution in [0.25, 0.3) is 0 Å². The number of nitrogens with zero attached hydrogens (tertiary/aromatic N) is 1. The number of aromatic amines is 1.